The number of aliphatic hydroxyl groups excluding tert-OH is 1. The van der Waals surface area contributed by atoms with Gasteiger partial charge in [0.15, 0.2) is 0 Å². The Morgan fingerprint density at radius 3 is 2.65 bits per heavy atom. The van der Waals surface area contributed by atoms with Crippen molar-refractivity contribution in [2.75, 3.05) is 4.72 Å². The molecule has 1 aromatic carbocycles. The van der Waals surface area contributed by atoms with Gasteiger partial charge in [0.1, 0.15) is 0 Å². The Morgan fingerprint density at radius 1 is 1.25 bits per heavy atom. The third kappa shape index (κ3) is 3.15. The zero-order chi connectivity index (χ0) is 14.8. The van der Waals surface area contributed by atoms with Crippen LogP contribution < -0.4 is 4.72 Å². The van der Waals surface area contributed by atoms with E-state index in [-0.39, 0.29) is 4.90 Å². The van der Waals surface area contributed by atoms with Crippen molar-refractivity contribution in [3.8, 4) is 0 Å². The van der Waals surface area contributed by atoms with E-state index in [0.717, 1.165) is 0 Å². The van der Waals surface area contributed by atoms with Gasteiger partial charge in [0.2, 0.25) is 0 Å². The summed E-state index contributed by atoms with van der Waals surface area (Å²) in [6.45, 7) is 3.31. The second-order valence-electron chi connectivity index (χ2n) is 4.49. The van der Waals surface area contributed by atoms with Crippen LogP contribution in [0.4, 0.5) is 5.69 Å². The normalized spacial score (nSPS) is 12.9. The minimum absolute atomic E-state index is 0.110. The van der Waals surface area contributed by atoms with Crippen molar-refractivity contribution in [1.82, 2.24) is 4.98 Å². The number of nitrogens with one attached hydrogen (secondary N) is 1. The summed E-state index contributed by atoms with van der Waals surface area (Å²) in [6, 6.07) is 9.54. The van der Waals surface area contributed by atoms with Crippen molar-refractivity contribution in [2.45, 2.75) is 24.8 Å². The SMILES string of the molecule is Cc1ncccc1NS(=O)(=O)c1cccc(C(C)O)c1. The number of anilines is 1. The highest BCUT2D eigenvalue weighted by molar-refractivity contribution is 7.92. The summed E-state index contributed by atoms with van der Waals surface area (Å²) in [4.78, 5) is 4.15. The van der Waals surface area contributed by atoms with E-state index in [0.29, 0.717) is 16.9 Å². The fourth-order valence-electron chi connectivity index (χ4n) is 1.74. The molecule has 2 N–H and O–H groups in total. The molecule has 0 bridgehead atoms. The second-order valence-corrected chi connectivity index (χ2v) is 6.17. The molecule has 0 fully saturated rings. The highest BCUT2D eigenvalue weighted by atomic mass is 32.2. The minimum Gasteiger partial charge on any atom is -0.389 e. The molecule has 2 aromatic rings. The van der Waals surface area contributed by atoms with Crippen LogP contribution in [0, 0.1) is 6.92 Å². The van der Waals surface area contributed by atoms with Crippen LogP contribution >= 0.6 is 0 Å². The number of sulfonamides is 1. The van der Waals surface area contributed by atoms with Crippen LogP contribution in [0.25, 0.3) is 0 Å². The van der Waals surface area contributed by atoms with Crippen LogP contribution in [0.2, 0.25) is 0 Å². The van der Waals surface area contributed by atoms with Gasteiger partial charge in [-0.3, -0.25) is 9.71 Å². The molecule has 0 saturated carbocycles. The number of aromatic nitrogens is 1. The quantitative estimate of drug-likeness (QED) is 0.905. The summed E-state index contributed by atoms with van der Waals surface area (Å²) in [5.41, 5.74) is 1.59. The maximum atomic E-state index is 12.3. The average Bonchev–Trinajstić information content (AvgIpc) is 2.41. The van der Waals surface area contributed by atoms with Gasteiger partial charge in [-0.1, -0.05) is 12.1 Å². The Hall–Kier alpha value is -1.92. The molecule has 6 heteroatoms. The maximum absolute atomic E-state index is 12.3. The van der Waals surface area contributed by atoms with Crippen LogP contribution in [0.5, 0.6) is 0 Å². The van der Waals surface area contributed by atoms with Gasteiger partial charge in [0, 0.05) is 6.20 Å². The van der Waals surface area contributed by atoms with Crippen molar-refractivity contribution in [2.24, 2.45) is 0 Å². The van der Waals surface area contributed by atoms with Crippen molar-refractivity contribution in [3.05, 3.63) is 53.9 Å². The van der Waals surface area contributed by atoms with Gasteiger partial charge in [-0.25, -0.2) is 8.42 Å². The molecule has 1 aromatic heterocycles. The second kappa shape index (κ2) is 5.60. The fourth-order valence-corrected chi connectivity index (χ4v) is 2.91. The lowest BCUT2D eigenvalue weighted by molar-refractivity contribution is 0.199. The summed E-state index contributed by atoms with van der Waals surface area (Å²) in [5, 5.41) is 9.52. The van der Waals surface area contributed by atoms with Crippen molar-refractivity contribution in [3.63, 3.8) is 0 Å². The number of benzene rings is 1. The summed E-state index contributed by atoms with van der Waals surface area (Å²) in [6.07, 6.45) is 0.881. The molecule has 0 radical (unpaired) electrons. The van der Waals surface area contributed by atoms with Crippen molar-refractivity contribution < 1.29 is 13.5 Å². The number of pyridine rings is 1. The molecule has 1 atom stereocenters. The molecule has 0 saturated heterocycles. The van der Waals surface area contributed by atoms with E-state index in [9.17, 15) is 13.5 Å². The van der Waals surface area contributed by atoms with E-state index in [2.05, 4.69) is 9.71 Å². The van der Waals surface area contributed by atoms with E-state index in [1.807, 2.05) is 0 Å². The number of hydrogen-bond acceptors (Lipinski definition) is 4. The lowest BCUT2D eigenvalue weighted by atomic mass is 10.1. The molecule has 0 amide bonds. The zero-order valence-electron chi connectivity index (χ0n) is 11.2. The van der Waals surface area contributed by atoms with E-state index in [1.54, 1.807) is 44.3 Å². The Morgan fingerprint density at radius 2 is 2.00 bits per heavy atom. The number of nitrogens with zero attached hydrogens (tertiary/aromatic N) is 1. The molecular formula is C14H16N2O3S. The summed E-state index contributed by atoms with van der Waals surface area (Å²) < 4.78 is 27.1. The van der Waals surface area contributed by atoms with E-state index in [4.69, 9.17) is 0 Å². The number of hydrogen-bond donors (Lipinski definition) is 2. The van der Waals surface area contributed by atoms with Gasteiger partial charge in [0.05, 0.1) is 22.4 Å². The molecule has 0 spiro atoms. The Balaban J connectivity index is 2.36. The third-order valence-electron chi connectivity index (χ3n) is 2.90. The molecule has 106 valence electrons. The van der Waals surface area contributed by atoms with Crippen molar-refractivity contribution in [1.29, 1.82) is 0 Å². The van der Waals surface area contributed by atoms with Gasteiger partial charge in [-0.2, -0.15) is 0 Å². The molecule has 0 aliphatic heterocycles. The molecule has 2 rings (SSSR count). The first kappa shape index (κ1) is 14.5. The largest absolute Gasteiger partial charge is 0.389 e. The standard InChI is InChI=1S/C14H16N2O3S/c1-10-14(7-4-8-15-10)16-20(18,19)13-6-3-5-12(9-13)11(2)17/h3-9,11,16-17H,1-2H3. The molecule has 20 heavy (non-hydrogen) atoms. The van der Waals surface area contributed by atoms with Gasteiger partial charge < -0.3 is 5.11 Å². The third-order valence-corrected chi connectivity index (χ3v) is 4.27. The average molecular weight is 292 g/mol. The molecule has 1 unspecified atom stereocenters. The first-order valence-electron chi connectivity index (χ1n) is 6.12. The number of rotatable bonds is 4. The molecule has 1 heterocycles. The van der Waals surface area contributed by atoms with Crippen LogP contribution in [0.15, 0.2) is 47.5 Å². The van der Waals surface area contributed by atoms with E-state index in [1.165, 1.54) is 12.1 Å². The van der Waals surface area contributed by atoms with Gasteiger partial charge >= 0.3 is 0 Å². The Bertz CT molecular complexity index is 712. The van der Waals surface area contributed by atoms with Gasteiger partial charge in [-0.15, -0.1) is 0 Å². The highest BCUT2D eigenvalue weighted by Crippen LogP contribution is 2.21. The predicted octanol–water partition coefficient (Wildman–Crippen LogP) is 2.24. The predicted molar refractivity (Wildman–Crippen MR) is 76.9 cm³/mol. The summed E-state index contributed by atoms with van der Waals surface area (Å²) in [7, 11) is -3.69. The number of aryl methyl sites for hydroxylation is 1. The zero-order valence-corrected chi connectivity index (χ0v) is 12.1. The monoisotopic (exact) mass is 292 g/mol. The smallest absolute Gasteiger partial charge is 0.261 e. The summed E-state index contributed by atoms with van der Waals surface area (Å²) in [5.74, 6) is 0. The maximum Gasteiger partial charge on any atom is 0.261 e. The van der Waals surface area contributed by atoms with Crippen molar-refractivity contribution >= 4 is 15.7 Å². The molecule has 0 aliphatic rings. The summed E-state index contributed by atoms with van der Waals surface area (Å²) >= 11 is 0. The lowest BCUT2D eigenvalue weighted by Gasteiger charge is -2.11. The fraction of sp³-hybridized carbons (Fsp3) is 0.214. The molecule has 5 nitrogen and oxygen atoms in total. The minimum atomic E-state index is -3.69. The Labute approximate surface area is 118 Å². The first-order chi connectivity index (χ1) is 9.40. The highest BCUT2D eigenvalue weighted by Gasteiger charge is 2.16. The molecule has 0 aliphatic carbocycles. The Kier molecular flexibility index (Phi) is 4.06. The van der Waals surface area contributed by atoms with Crippen LogP contribution in [-0.4, -0.2) is 18.5 Å². The van der Waals surface area contributed by atoms with Gasteiger partial charge in [-0.05, 0) is 43.7 Å². The van der Waals surface area contributed by atoms with E-state index >= 15 is 0 Å². The van der Waals surface area contributed by atoms with Crippen LogP contribution in [-0.2, 0) is 10.0 Å². The van der Waals surface area contributed by atoms with Gasteiger partial charge in [0.25, 0.3) is 10.0 Å². The topological polar surface area (TPSA) is 79.3 Å². The first-order valence-corrected chi connectivity index (χ1v) is 7.61. The van der Waals surface area contributed by atoms with Crippen LogP contribution in [0.3, 0.4) is 0 Å². The van der Waals surface area contributed by atoms with Crippen LogP contribution in [0.1, 0.15) is 24.3 Å². The van der Waals surface area contributed by atoms with E-state index < -0.39 is 16.1 Å². The lowest BCUT2D eigenvalue weighted by Crippen LogP contribution is -2.14. The molecular weight excluding hydrogens is 276 g/mol. The number of aliphatic hydroxyl groups is 1.